The van der Waals surface area contributed by atoms with Gasteiger partial charge in [-0.05, 0) is 19.4 Å². The monoisotopic (exact) mass is 195 g/mol. The van der Waals surface area contributed by atoms with E-state index in [2.05, 4.69) is 25.1 Å². The van der Waals surface area contributed by atoms with Gasteiger partial charge in [-0.15, -0.1) is 12.3 Å². The van der Waals surface area contributed by atoms with Gasteiger partial charge < -0.3 is 10.1 Å². The van der Waals surface area contributed by atoms with Gasteiger partial charge in [-0.3, -0.25) is 0 Å². The van der Waals surface area contributed by atoms with Crippen LogP contribution in [0.5, 0.6) is 0 Å². The van der Waals surface area contributed by atoms with Crippen molar-refractivity contribution in [3.8, 4) is 12.3 Å². The molecule has 1 fully saturated rings. The van der Waals surface area contributed by atoms with E-state index in [0.717, 1.165) is 32.4 Å². The van der Waals surface area contributed by atoms with E-state index in [1.165, 1.54) is 0 Å². The summed E-state index contributed by atoms with van der Waals surface area (Å²) in [4.78, 5) is 0. The van der Waals surface area contributed by atoms with E-state index in [0.29, 0.717) is 18.1 Å². The highest BCUT2D eigenvalue weighted by Gasteiger charge is 2.32. The maximum atomic E-state index is 5.68. The van der Waals surface area contributed by atoms with Crippen molar-refractivity contribution in [3.05, 3.63) is 0 Å². The summed E-state index contributed by atoms with van der Waals surface area (Å²) in [5.41, 5.74) is 0. The lowest BCUT2D eigenvalue weighted by atomic mass is 9.89. The number of ether oxygens (including phenoxy) is 1. The lowest BCUT2D eigenvalue weighted by molar-refractivity contribution is 0.0781. The summed E-state index contributed by atoms with van der Waals surface area (Å²) < 4.78 is 5.68. The Morgan fingerprint density at radius 3 is 2.93 bits per heavy atom. The van der Waals surface area contributed by atoms with Crippen LogP contribution in [0.2, 0.25) is 0 Å². The molecule has 2 nitrogen and oxygen atoms in total. The molecular weight excluding hydrogens is 174 g/mol. The van der Waals surface area contributed by atoms with Crippen LogP contribution in [-0.4, -0.2) is 25.3 Å². The zero-order valence-electron chi connectivity index (χ0n) is 9.25. The van der Waals surface area contributed by atoms with Gasteiger partial charge in [0.15, 0.2) is 0 Å². The summed E-state index contributed by atoms with van der Waals surface area (Å²) in [7, 11) is 0. The third-order valence-electron chi connectivity index (χ3n) is 2.98. The van der Waals surface area contributed by atoms with Crippen molar-refractivity contribution in [1.82, 2.24) is 5.32 Å². The molecule has 1 heterocycles. The highest BCUT2D eigenvalue weighted by molar-refractivity contribution is 4.95. The van der Waals surface area contributed by atoms with Crippen LogP contribution in [0.1, 0.15) is 33.1 Å². The third kappa shape index (κ3) is 2.73. The van der Waals surface area contributed by atoms with Gasteiger partial charge in [-0.2, -0.15) is 0 Å². The molecule has 1 rings (SSSR count). The number of nitrogens with one attached hydrogen (secondary N) is 1. The van der Waals surface area contributed by atoms with Gasteiger partial charge in [0, 0.05) is 25.0 Å². The standard InChI is InChI=1S/C12H21NO/c1-4-7-11(13-6-3)10-8-9-14-12(10)5-2/h1,10-13H,5-9H2,2-3H3. The van der Waals surface area contributed by atoms with Gasteiger partial charge >= 0.3 is 0 Å². The number of hydrogen-bond donors (Lipinski definition) is 1. The predicted molar refractivity (Wildman–Crippen MR) is 59.1 cm³/mol. The summed E-state index contributed by atoms with van der Waals surface area (Å²) in [6.07, 6.45) is 8.86. The fourth-order valence-electron chi connectivity index (χ4n) is 2.31. The van der Waals surface area contributed by atoms with E-state index in [9.17, 15) is 0 Å². The number of terminal acetylenes is 1. The molecule has 0 radical (unpaired) electrons. The van der Waals surface area contributed by atoms with E-state index in [4.69, 9.17) is 11.2 Å². The lowest BCUT2D eigenvalue weighted by Crippen LogP contribution is -2.39. The molecule has 3 unspecified atom stereocenters. The molecule has 3 atom stereocenters. The van der Waals surface area contributed by atoms with Crippen molar-refractivity contribution in [2.75, 3.05) is 13.2 Å². The topological polar surface area (TPSA) is 21.3 Å². The van der Waals surface area contributed by atoms with Crippen molar-refractivity contribution in [3.63, 3.8) is 0 Å². The van der Waals surface area contributed by atoms with E-state index in [-0.39, 0.29) is 0 Å². The van der Waals surface area contributed by atoms with Gasteiger partial charge in [-0.25, -0.2) is 0 Å². The van der Waals surface area contributed by atoms with Gasteiger partial charge in [-0.1, -0.05) is 13.8 Å². The van der Waals surface area contributed by atoms with Gasteiger partial charge in [0.05, 0.1) is 6.10 Å². The summed E-state index contributed by atoms with van der Waals surface area (Å²) in [6.45, 7) is 6.19. The largest absolute Gasteiger partial charge is 0.378 e. The van der Waals surface area contributed by atoms with E-state index < -0.39 is 0 Å². The second-order valence-electron chi connectivity index (χ2n) is 3.84. The minimum atomic E-state index is 0.410. The van der Waals surface area contributed by atoms with Crippen LogP contribution in [-0.2, 0) is 4.74 Å². The second-order valence-corrected chi connectivity index (χ2v) is 3.84. The van der Waals surface area contributed by atoms with Crippen LogP contribution >= 0.6 is 0 Å². The van der Waals surface area contributed by atoms with Crippen LogP contribution in [0.3, 0.4) is 0 Å². The lowest BCUT2D eigenvalue weighted by Gasteiger charge is -2.26. The molecule has 1 N–H and O–H groups in total. The average molecular weight is 195 g/mol. The van der Waals surface area contributed by atoms with E-state index >= 15 is 0 Å². The highest BCUT2D eigenvalue weighted by atomic mass is 16.5. The molecule has 0 aromatic carbocycles. The highest BCUT2D eigenvalue weighted by Crippen LogP contribution is 2.27. The normalized spacial score (nSPS) is 28.6. The minimum Gasteiger partial charge on any atom is -0.378 e. The molecule has 0 amide bonds. The SMILES string of the molecule is C#CCC(NCC)C1CCOC1CC. The Kier molecular flexibility index (Phi) is 5.00. The molecule has 0 spiro atoms. The van der Waals surface area contributed by atoms with E-state index in [1.807, 2.05) is 0 Å². The van der Waals surface area contributed by atoms with Crippen molar-refractivity contribution in [1.29, 1.82) is 0 Å². The Labute approximate surface area is 87.4 Å². The molecule has 14 heavy (non-hydrogen) atoms. The first-order chi connectivity index (χ1) is 6.83. The molecule has 0 bridgehead atoms. The summed E-state index contributed by atoms with van der Waals surface area (Å²) in [5, 5.41) is 3.47. The van der Waals surface area contributed by atoms with Crippen molar-refractivity contribution in [2.24, 2.45) is 5.92 Å². The maximum absolute atomic E-state index is 5.68. The van der Waals surface area contributed by atoms with Crippen LogP contribution in [0.15, 0.2) is 0 Å². The first-order valence-corrected chi connectivity index (χ1v) is 5.61. The summed E-state index contributed by atoms with van der Waals surface area (Å²) in [6, 6.07) is 0.442. The quantitative estimate of drug-likeness (QED) is 0.675. The maximum Gasteiger partial charge on any atom is 0.0616 e. The molecule has 80 valence electrons. The fraction of sp³-hybridized carbons (Fsp3) is 0.833. The molecule has 1 saturated heterocycles. The molecule has 0 aliphatic carbocycles. The van der Waals surface area contributed by atoms with Crippen molar-refractivity contribution < 1.29 is 4.74 Å². The van der Waals surface area contributed by atoms with E-state index in [1.54, 1.807) is 0 Å². The fourth-order valence-corrected chi connectivity index (χ4v) is 2.31. The van der Waals surface area contributed by atoms with Crippen LogP contribution < -0.4 is 5.32 Å². The van der Waals surface area contributed by atoms with Gasteiger partial charge in [0.25, 0.3) is 0 Å². The minimum absolute atomic E-state index is 0.410. The van der Waals surface area contributed by atoms with Crippen LogP contribution in [0.25, 0.3) is 0 Å². The Hall–Kier alpha value is -0.520. The zero-order chi connectivity index (χ0) is 10.4. The Morgan fingerprint density at radius 1 is 1.57 bits per heavy atom. The zero-order valence-corrected chi connectivity index (χ0v) is 9.25. The van der Waals surface area contributed by atoms with Crippen LogP contribution in [0.4, 0.5) is 0 Å². The summed E-state index contributed by atoms with van der Waals surface area (Å²) >= 11 is 0. The smallest absolute Gasteiger partial charge is 0.0616 e. The molecule has 1 aliphatic rings. The van der Waals surface area contributed by atoms with Crippen molar-refractivity contribution >= 4 is 0 Å². The van der Waals surface area contributed by atoms with Crippen molar-refractivity contribution in [2.45, 2.75) is 45.3 Å². The van der Waals surface area contributed by atoms with Gasteiger partial charge in [0.2, 0.25) is 0 Å². The first kappa shape index (κ1) is 11.6. The Balaban J connectivity index is 2.52. The molecular formula is C12H21NO. The Bertz CT molecular complexity index is 197. The number of rotatable bonds is 5. The molecule has 2 heteroatoms. The Morgan fingerprint density at radius 2 is 2.36 bits per heavy atom. The van der Waals surface area contributed by atoms with Crippen LogP contribution in [0, 0.1) is 18.3 Å². The number of hydrogen-bond acceptors (Lipinski definition) is 2. The second kappa shape index (κ2) is 6.06. The molecule has 0 saturated carbocycles. The third-order valence-corrected chi connectivity index (χ3v) is 2.98. The average Bonchev–Trinajstić information content (AvgIpc) is 2.65. The molecule has 0 aromatic heterocycles. The molecule has 0 aromatic rings. The summed E-state index contributed by atoms with van der Waals surface area (Å²) in [5.74, 6) is 3.36. The predicted octanol–water partition coefficient (Wildman–Crippen LogP) is 1.80. The molecule has 1 aliphatic heterocycles. The van der Waals surface area contributed by atoms with Gasteiger partial charge in [0.1, 0.15) is 0 Å². The first-order valence-electron chi connectivity index (χ1n) is 5.61.